The summed E-state index contributed by atoms with van der Waals surface area (Å²) in [6.45, 7) is 2.88. The van der Waals surface area contributed by atoms with E-state index in [0.29, 0.717) is 28.3 Å². The van der Waals surface area contributed by atoms with Gasteiger partial charge in [0.05, 0.1) is 29.3 Å². The smallest absolute Gasteiger partial charge is 0.261 e. The molecule has 1 unspecified atom stereocenters. The Morgan fingerprint density at radius 1 is 1.14 bits per heavy atom. The number of hydrogen-bond acceptors (Lipinski definition) is 3. The SMILES string of the molecule is C[C@@H]1CCCN(C(=O)c2cc(Cl)ccc2I)C1CN1C(=O)c2ccccc2C1=O. The van der Waals surface area contributed by atoms with Crippen LogP contribution in [0.25, 0.3) is 0 Å². The molecule has 150 valence electrons. The van der Waals surface area contributed by atoms with Crippen molar-refractivity contribution in [3.8, 4) is 0 Å². The summed E-state index contributed by atoms with van der Waals surface area (Å²) in [7, 11) is 0. The van der Waals surface area contributed by atoms with Crippen molar-refractivity contribution in [2.45, 2.75) is 25.8 Å². The first-order valence-electron chi connectivity index (χ1n) is 9.59. The van der Waals surface area contributed by atoms with Gasteiger partial charge < -0.3 is 4.90 Å². The van der Waals surface area contributed by atoms with Gasteiger partial charge in [0.1, 0.15) is 0 Å². The summed E-state index contributed by atoms with van der Waals surface area (Å²) in [5, 5.41) is 0.510. The molecule has 0 bridgehead atoms. The van der Waals surface area contributed by atoms with Crippen LogP contribution in [-0.4, -0.2) is 46.7 Å². The minimum atomic E-state index is -0.284. The van der Waals surface area contributed by atoms with Gasteiger partial charge in [0, 0.05) is 15.1 Å². The Balaban J connectivity index is 1.63. The number of likely N-dealkylation sites (tertiary alicyclic amines) is 1. The van der Waals surface area contributed by atoms with Crippen LogP contribution in [0.2, 0.25) is 5.02 Å². The fraction of sp³-hybridized carbons (Fsp3) is 0.318. The van der Waals surface area contributed by atoms with E-state index >= 15 is 0 Å². The molecule has 2 aliphatic rings. The summed E-state index contributed by atoms with van der Waals surface area (Å²) in [4.78, 5) is 42.1. The predicted octanol–water partition coefficient (Wildman–Crippen LogP) is 4.48. The van der Waals surface area contributed by atoms with E-state index in [2.05, 4.69) is 29.5 Å². The normalized spacial score (nSPS) is 21.5. The molecule has 2 aromatic carbocycles. The van der Waals surface area contributed by atoms with Gasteiger partial charge in [-0.15, -0.1) is 0 Å². The van der Waals surface area contributed by atoms with Gasteiger partial charge in [-0.1, -0.05) is 30.7 Å². The maximum Gasteiger partial charge on any atom is 0.261 e. The number of nitrogens with zero attached hydrogens (tertiary/aromatic N) is 2. The molecular formula is C22H20ClIN2O3. The number of rotatable bonds is 3. The Bertz CT molecular complexity index is 974. The number of hydrogen-bond donors (Lipinski definition) is 0. The molecule has 1 fully saturated rings. The zero-order valence-corrected chi connectivity index (χ0v) is 18.8. The average Bonchev–Trinajstić information content (AvgIpc) is 2.96. The van der Waals surface area contributed by atoms with Crippen LogP contribution in [-0.2, 0) is 0 Å². The zero-order chi connectivity index (χ0) is 20.7. The van der Waals surface area contributed by atoms with Crippen molar-refractivity contribution < 1.29 is 14.4 Å². The van der Waals surface area contributed by atoms with E-state index in [1.54, 1.807) is 36.4 Å². The van der Waals surface area contributed by atoms with Crippen LogP contribution < -0.4 is 0 Å². The highest BCUT2D eigenvalue weighted by atomic mass is 127. The Morgan fingerprint density at radius 3 is 2.45 bits per heavy atom. The molecular weight excluding hydrogens is 503 g/mol. The highest BCUT2D eigenvalue weighted by Gasteiger charge is 2.41. The highest BCUT2D eigenvalue weighted by molar-refractivity contribution is 14.1. The lowest BCUT2D eigenvalue weighted by molar-refractivity contribution is 0.0368. The van der Waals surface area contributed by atoms with E-state index in [9.17, 15) is 14.4 Å². The average molecular weight is 523 g/mol. The van der Waals surface area contributed by atoms with Gasteiger partial charge in [0.2, 0.25) is 0 Å². The third kappa shape index (κ3) is 3.68. The first-order valence-corrected chi connectivity index (χ1v) is 11.1. The summed E-state index contributed by atoms with van der Waals surface area (Å²) < 4.78 is 0.828. The summed E-state index contributed by atoms with van der Waals surface area (Å²) >= 11 is 8.25. The minimum absolute atomic E-state index is 0.106. The van der Waals surface area contributed by atoms with Crippen molar-refractivity contribution in [2.75, 3.05) is 13.1 Å². The second kappa shape index (κ2) is 8.07. The van der Waals surface area contributed by atoms with Gasteiger partial charge in [-0.3, -0.25) is 19.3 Å². The van der Waals surface area contributed by atoms with Crippen molar-refractivity contribution >= 4 is 51.9 Å². The van der Waals surface area contributed by atoms with Crippen molar-refractivity contribution in [3.05, 3.63) is 67.7 Å². The van der Waals surface area contributed by atoms with E-state index in [1.165, 1.54) is 4.90 Å². The van der Waals surface area contributed by atoms with Gasteiger partial charge in [0.15, 0.2) is 0 Å². The number of amides is 3. The lowest BCUT2D eigenvalue weighted by Gasteiger charge is -2.41. The third-order valence-corrected chi connectivity index (χ3v) is 6.96. The first kappa shape index (κ1) is 20.3. The summed E-state index contributed by atoms with van der Waals surface area (Å²) in [6.07, 6.45) is 1.84. The standard InChI is InChI=1S/C22H20ClIN2O3/c1-13-5-4-10-25(22(29)17-11-14(23)8-9-18(17)24)19(13)12-26-20(27)15-6-2-3-7-16(15)21(26)28/h2-3,6-9,11,13,19H,4-5,10,12H2,1H3/t13-,19?/m1/s1. The number of benzene rings is 2. The lowest BCUT2D eigenvalue weighted by atomic mass is 9.89. The number of halogens is 2. The predicted molar refractivity (Wildman–Crippen MR) is 119 cm³/mol. The van der Waals surface area contributed by atoms with Crippen LogP contribution in [0, 0.1) is 9.49 Å². The van der Waals surface area contributed by atoms with Crippen LogP contribution in [0.5, 0.6) is 0 Å². The molecule has 2 aromatic rings. The fourth-order valence-corrected chi connectivity index (χ4v) is 4.93. The molecule has 2 aliphatic heterocycles. The maximum absolute atomic E-state index is 13.4. The van der Waals surface area contributed by atoms with Crippen LogP contribution in [0.15, 0.2) is 42.5 Å². The number of carbonyl (C=O) groups is 3. The monoisotopic (exact) mass is 522 g/mol. The molecule has 4 rings (SSSR count). The quantitative estimate of drug-likeness (QED) is 0.441. The molecule has 2 atom stereocenters. The van der Waals surface area contributed by atoms with E-state index in [4.69, 9.17) is 11.6 Å². The molecule has 0 radical (unpaired) electrons. The van der Waals surface area contributed by atoms with Gasteiger partial charge in [0.25, 0.3) is 17.7 Å². The van der Waals surface area contributed by atoms with Crippen LogP contribution in [0.4, 0.5) is 0 Å². The van der Waals surface area contributed by atoms with Crippen LogP contribution in [0.3, 0.4) is 0 Å². The molecule has 0 spiro atoms. The summed E-state index contributed by atoms with van der Waals surface area (Å²) in [5.41, 5.74) is 1.42. The van der Waals surface area contributed by atoms with Crippen molar-refractivity contribution in [3.63, 3.8) is 0 Å². The number of fused-ring (bicyclic) bond motifs is 1. The van der Waals surface area contributed by atoms with Gasteiger partial charge in [-0.25, -0.2) is 0 Å². The largest absolute Gasteiger partial charge is 0.334 e. The molecule has 5 nitrogen and oxygen atoms in total. The molecule has 2 heterocycles. The second-order valence-electron chi connectivity index (χ2n) is 7.58. The molecule has 3 amide bonds. The highest BCUT2D eigenvalue weighted by Crippen LogP contribution is 2.30. The molecule has 0 aromatic heterocycles. The Labute approximate surface area is 188 Å². The third-order valence-electron chi connectivity index (χ3n) is 5.78. The maximum atomic E-state index is 13.4. The van der Waals surface area contributed by atoms with Crippen LogP contribution >= 0.6 is 34.2 Å². The summed E-state index contributed by atoms with van der Waals surface area (Å²) in [5.74, 6) is -0.500. The molecule has 1 saturated heterocycles. The topological polar surface area (TPSA) is 57.7 Å². The number of piperidine rings is 1. The molecule has 0 saturated carbocycles. The van der Waals surface area contributed by atoms with E-state index in [1.807, 2.05) is 11.0 Å². The van der Waals surface area contributed by atoms with E-state index in [-0.39, 0.29) is 36.2 Å². The van der Waals surface area contributed by atoms with Gasteiger partial charge in [-0.05, 0) is 71.7 Å². The van der Waals surface area contributed by atoms with Gasteiger partial charge >= 0.3 is 0 Å². The second-order valence-corrected chi connectivity index (χ2v) is 9.17. The number of carbonyl (C=O) groups excluding carboxylic acids is 3. The Kier molecular flexibility index (Phi) is 5.66. The molecule has 0 aliphatic carbocycles. The van der Waals surface area contributed by atoms with Crippen LogP contribution in [0.1, 0.15) is 50.8 Å². The molecule has 29 heavy (non-hydrogen) atoms. The fourth-order valence-electron chi connectivity index (χ4n) is 4.19. The van der Waals surface area contributed by atoms with E-state index in [0.717, 1.165) is 16.4 Å². The zero-order valence-electron chi connectivity index (χ0n) is 15.9. The lowest BCUT2D eigenvalue weighted by Crippen LogP contribution is -2.54. The summed E-state index contributed by atoms with van der Waals surface area (Å²) in [6, 6.07) is 11.9. The van der Waals surface area contributed by atoms with Crippen molar-refractivity contribution in [1.82, 2.24) is 9.80 Å². The minimum Gasteiger partial charge on any atom is -0.334 e. The Morgan fingerprint density at radius 2 is 1.79 bits per heavy atom. The Hall–Kier alpha value is -1.93. The van der Waals surface area contributed by atoms with Crippen molar-refractivity contribution in [1.29, 1.82) is 0 Å². The first-order chi connectivity index (χ1) is 13.9. The van der Waals surface area contributed by atoms with E-state index < -0.39 is 0 Å². The molecule has 0 N–H and O–H groups in total. The van der Waals surface area contributed by atoms with Crippen molar-refractivity contribution in [2.24, 2.45) is 5.92 Å². The molecule has 7 heteroatoms. The van der Waals surface area contributed by atoms with Gasteiger partial charge in [-0.2, -0.15) is 0 Å². The number of imide groups is 1.